The minimum atomic E-state index is -1.44. The minimum absolute atomic E-state index is 0.0252. The van der Waals surface area contributed by atoms with Gasteiger partial charge in [0.15, 0.2) is 11.6 Å². The van der Waals surface area contributed by atoms with Crippen molar-refractivity contribution in [2.75, 3.05) is 31.7 Å². The topological polar surface area (TPSA) is 112 Å². The molecule has 0 aliphatic carbocycles. The number of carbonyl (C=O) groups is 1. The number of aliphatic hydroxyl groups is 2. The van der Waals surface area contributed by atoms with E-state index >= 15 is 8.78 Å². The second-order valence-corrected chi connectivity index (χ2v) is 8.02. The molecule has 0 spiro atoms. The molecule has 180 valence electrons. The van der Waals surface area contributed by atoms with Crippen molar-refractivity contribution < 1.29 is 37.9 Å². The van der Waals surface area contributed by atoms with Gasteiger partial charge in [-0.3, -0.25) is 19.9 Å². The summed E-state index contributed by atoms with van der Waals surface area (Å²) in [6.07, 6.45) is 0. The van der Waals surface area contributed by atoms with Gasteiger partial charge in [0.25, 0.3) is 5.91 Å². The van der Waals surface area contributed by atoms with E-state index in [1.54, 1.807) is 19.9 Å². The lowest BCUT2D eigenvalue weighted by Gasteiger charge is -2.19. The first-order chi connectivity index (χ1) is 15.7. The van der Waals surface area contributed by atoms with E-state index in [1.807, 2.05) is 28.1 Å². The second-order valence-electron chi connectivity index (χ2n) is 6.78. The Kier molecular flexibility index (Phi) is 10.4. The van der Waals surface area contributed by atoms with Gasteiger partial charge in [-0.1, -0.05) is 5.57 Å². The SMILES string of the molecule is CC(C)=C(NOCCO)c1cc(C(=O)NOCCO)c(Nc2ccc(I)cc2F)c(F)c1F. The number of anilines is 2. The number of halogens is 4. The van der Waals surface area contributed by atoms with Crippen molar-refractivity contribution >= 4 is 45.6 Å². The number of amides is 1. The maximum absolute atomic E-state index is 15.2. The normalized spacial score (nSPS) is 10.7. The molecule has 2 aromatic carbocycles. The van der Waals surface area contributed by atoms with Crippen LogP contribution < -0.4 is 16.3 Å². The number of aliphatic hydroxyl groups excluding tert-OH is 2. The Labute approximate surface area is 201 Å². The molecule has 8 nitrogen and oxygen atoms in total. The van der Waals surface area contributed by atoms with E-state index in [1.165, 1.54) is 12.1 Å². The van der Waals surface area contributed by atoms with Gasteiger partial charge in [-0.2, -0.15) is 0 Å². The number of carbonyl (C=O) groups excluding carboxylic acids is 1. The summed E-state index contributed by atoms with van der Waals surface area (Å²) in [4.78, 5) is 22.5. The van der Waals surface area contributed by atoms with Crippen molar-refractivity contribution in [2.24, 2.45) is 0 Å². The summed E-state index contributed by atoms with van der Waals surface area (Å²) < 4.78 is 45.3. The van der Waals surface area contributed by atoms with Gasteiger partial charge in [-0.25, -0.2) is 18.7 Å². The van der Waals surface area contributed by atoms with E-state index in [0.29, 0.717) is 9.14 Å². The lowest BCUT2D eigenvalue weighted by molar-refractivity contribution is 0.0168. The molecule has 1 amide bonds. The van der Waals surface area contributed by atoms with Gasteiger partial charge in [-0.05, 0) is 60.7 Å². The van der Waals surface area contributed by atoms with Crippen LogP contribution in [0.3, 0.4) is 0 Å². The zero-order valence-corrected chi connectivity index (χ0v) is 19.9. The molecule has 2 rings (SSSR count). The third-order valence-corrected chi connectivity index (χ3v) is 4.81. The first-order valence-corrected chi connectivity index (χ1v) is 10.7. The maximum Gasteiger partial charge on any atom is 0.277 e. The highest BCUT2D eigenvalue weighted by Gasteiger charge is 2.26. The van der Waals surface area contributed by atoms with Gasteiger partial charge >= 0.3 is 0 Å². The average molecular weight is 581 g/mol. The number of allylic oxidation sites excluding steroid dienone is 1. The smallest absolute Gasteiger partial charge is 0.277 e. The van der Waals surface area contributed by atoms with Gasteiger partial charge in [0.1, 0.15) is 5.82 Å². The average Bonchev–Trinajstić information content (AvgIpc) is 2.76. The summed E-state index contributed by atoms with van der Waals surface area (Å²) in [7, 11) is 0. The van der Waals surface area contributed by atoms with Gasteiger partial charge < -0.3 is 15.5 Å². The molecule has 0 unspecified atom stereocenters. The largest absolute Gasteiger partial charge is 0.394 e. The zero-order chi connectivity index (χ0) is 24.5. The van der Waals surface area contributed by atoms with Crippen molar-refractivity contribution in [3.8, 4) is 0 Å². The molecule has 0 atom stereocenters. The number of hydrogen-bond donors (Lipinski definition) is 5. The van der Waals surface area contributed by atoms with Crippen LogP contribution in [0.15, 0.2) is 29.8 Å². The maximum atomic E-state index is 15.2. The molecule has 0 heterocycles. The molecule has 0 saturated heterocycles. The molecule has 5 N–H and O–H groups in total. The van der Waals surface area contributed by atoms with Crippen LogP contribution in [0.25, 0.3) is 5.70 Å². The van der Waals surface area contributed by atoms with Crippen molar-refractivity contribution in [2.45, 2.75) is 13.8 Å². The summed E-state index contributed by atoms with van der Waals surface area (Å²) in [5.74, 6) is -4.48. The van der Waals surface area contributed by atoms with Gasteiger partial charge in [-0.15, -0.1) is 0 Å². The predicted octanol–water partition coefficient (Wildman–Crippen LogP) is 3.37. The van der Waals surface area contributed by atoms with Gasteiger partial charge in [0, 0.05) is 9.13 Å². The van der Waals surface area contributed by atoms with Crippen LogP contribution in [0.1, 0.15) is 29.8 Å². The van der Waals surface area contributed by atoms with Crippen molar-refractivity contribution in [3.63, 3.8) is 0 Å². The van der Waals surface area contributed by atoms with Crippen LogP contribution in [0.5, 0.6) is 0 Å². The Morgan fingerprint density at radius 1 is 0.970 bits per heavy atom. The quantitative estimate of drug-likeness (QED) is 0.157. The van der Waals surface area contributed by atoms with E-state index in [0.717, 1.165) is 6.07 Å². The number of hydrogen-bond acceptors (Lipinski definition) is 7. The lowest BCUT2D eigenvalue weighted by Crippen LogP contribution is -2.27. The Bertz CT molecular complexity index is 1030. The highest BCUT2D eigenvalue weighted by Crippen LogP contribution is 2.33. The summed E-state index contributed by atoms with van der Waals surface area (Å²) in [6, 6.07) is 5.08. The van der Waals surface area contributed by atoms with Crippen LogP contribution in [-0.4, -0.2) is 42.5 Å². The molecule has 0 saturated carbocycles. The molecular weight excluding hydrogens is 558 g/mol. The van der Waals surface area contributed by atoms with E-state index in [2.05, 4.69) is 10.8 Å². The zero-order valence-electron chi connectivity index (χ0n) is 17.8. The Morgan fingerprint density at radius 3 is 2.18 bits per heavy atom. The summed E-state index contributed by atoms with van der Waals surface area (Å²) in [5, 5.41) is 20.1. The predicted molar refractivity (Wildman–Crippen MR) is 124 cm³/mol. The summed E-state index contributed by atoms with van der Waals surface area (Å²) in [6.45, 7) is 2.11. The number of hydroxylamine groups is 2. The number of rotatable bonds is 11. The fourth-order valence-electron chi connectivity index (χ4n) is 2.65. The van der Waals surface area contributed by atoms with Crippen molar-refractivity contribution in [1.82, 2.24) is 11.0 Å². The first-order valence-electron chi connectivity index (χ1n) is 9.64. The van der Waals surface area contributed by atoms with Gasteiger partial charge in [0.2, 0.25) is 0 Å². The van der Waals surface area contributed by atoms with E-state index in [9.17, 15) is 9.18 Å². The summed E-state index contributed by atoms with van der Waals surface area (Å²) >= 11 is 1.89. The summed E-state index contributed by atoms with van der Waals surface area (Å²) in [5.41, 5.74) is 3.43. The third-order valence-electron chi connectivity index (χ3n) is 4.14. The number of nitrogens with one attached hydrogen (secondary N) is 3. The molecule has 0 radical (unpaired) electrons. The van der Waals surface area contributed by atoms with Crippen LogP contribution in [0.4, 0.5) is 24.5 Å². The Hall–Kier alpha value is -2.39. The molecule has 0 aliphatic heterocycles. The standard InChI is InChI=1S/C21H23F3IN3O5/c1-11(2)19(27-32-7-5-29)13-10-14(21(31)28-33-8-6-30)20(18(24)17(13)23)26-16-4-3-12(25)9-15(16)22/h3-4,9-10,26-27,29-30H,5-8H2,1-2H3,(H,28,31). The Balaban J connectivity index is 2.61. The van der Waals surface area contributed by atoms with Crippen LogP contribution >= 0.6 is 22.6 Å². The molecule has 0 fully saturated rings. The van der Waals surface area contributed by atoms with Crippen molar-refractivity contribution in [3.05, 3.63) is 62.0 Å². The third kappa shape index (κ3) is 7.04. The molecular formula is C21H23F3IN3O5. The molecule has 12 heteroatoms. The molecule has 2 aromatic rings. The van der Waals surface area contributed by atoms with E-state index < -0.39 is 41.2 Å². The second kappa shape index (κ2) is 12.7. The minimum Gasteiger partial charge on any atom is -0.394 e. The molecule has 33 heavy (non-hydrogen) atoms. The van der Waals surface area contributed by atoms with Crippen LogP contribution in [0.2, 0.25) is 0 Å². The van der Waals surface area contributed by atoms with Crippen LogP contribution in [0, 0.1) is 21.0 Å². The van der Waals surface area contributed by atoms with Crippen molar-refractivity contribution in [1.29, 1.82) is 0 Å². The molecule has 0 bridgehead atoms. The highest BCUT2D eigenvalue weighted by molar-refractivity contribution is 14.1. The van der Waals surface area contributed by atoms with Crippen LogP contribution in [-0.2, 0) is 9.68 Å². The first kappa shape index (κ1) is 26.9. The molecule has 0 aliphatic rings. The van der Waals surface area contributed by atoms with E-state index in [4.69, 9.17) is 19.9 Å². The fraction of sp³-hybridized carbons (Fsp3) is 0.286. The molecule has 0 aromatic heterocycles. The highest BCUT2D eigenvalue weighted by atomic mass is 127. The fourth-order valence-corrected chi connectivity index (χ4v) is 3.10. The van der Waals surface area contributed by atoms with E-state index in [-0.39, 0.29) is 36.8 Å². The monoisotopic (exact) mass is 581 g/mol. The van der Waals surface area contributed by atoms with Gasteiger partial charge in [0.05, 0.1) is 49.1 Å². The number of benzene rings is 2. The Morgan fingerprint density at radius 2 is 1.61 bits per heavy atom. The lowest BCUT2D eigenvalue weighted by atomic mass is 10.0.